The molecule has 2 amide bonds. The Morgan fingerprint density at radius 1 is 0.862 bits per heavy atom. The molecule has 6 heteroatoms. The molecule has 0 unspecified atom stereocenters. The van der Waals surface area contributed by atoms with E-state index in [4.69, 9.17) is 0 Å². The number of benzene rings is 2. The number of para-hydroxylation sites is 1. The average molecular weight is 389 g/mol. The van der Waals surface area contributed by atoms with Crippen molar-refractivity contribution in [1.82, 2.24) is 4.90 Å². The van der Waals surface area contributed by atoms with Crippen LogP contribution in [0.5, 0.6) is 0 Å². The fourth-order valence-corrected chi connectivity index (χ4v) is 3.84. The fraction of sp³-hybridized carbons (Fsp3) is 0.304. The lowest BCUT2D eigenvalue weighted by molar-refractivity contribution is -0.125. The van der Waals surface area contributed by atoms with Crippen molar-refractivity contribution >= 4 is 29.0 Å². The summed E-state index contributed by atoms with van der Waals surface area (Å²) in [4.78, 5) is 39.6. The summed E-state index contributed by atoms with van der Waals surface area (Å²) in [6.45, 7) is 1.06. The van der Waals surface area contributed by atoms with E-state index in [1.165, 1.54) is 5.01 Å². The van der Waals surface area contributed by atoms with Gasteiger partial charge in [-0.2, -0.15) is 5.10 Å². The lowest BCUT2D eigenvalue weighted by atomic mass is 9.88. The number of anilines is 1. The van der Waals surface area contributed by atoms with Crippen LogP contribution in [0, 0.1) is 5.92 Å². The number of amides is 2. The summed E-state index contributed by atoms with van der Waals surface area (Å²) >= 11 is 0. The molecule has 0 aliphatic carbocycles. The van der Waals surface area contributed by atoms with Gasteiger partial charge in [0.15, 0.2) is 5.78 Å². The number of likely N-dealkylation sites (tertiary alicyclic amines) is 1. The maximum absolute atomic E-state index is 13.0. The molecule has 1 saturated heterocycles. The Kier molecular flexibility index (Phi) is 5.51. The smallest absolute Gasteiger partial charge is 0.270 e. The van der Waals surface area contributed by atoms with Gasteiger partial charge in [-0.3, -0.25) is 14.4 Å². The van der Waals surface area contributed by atoms with E-state index >= 15 is 0 Å². The van der Waals surface area contributed by atoms with Crippen molar-refractivity contribution in [1.29, 1.82) is 0 Å². The third-order valence-electron chi connectivity index (χ3n) is 5.49. The number of piperidine rings is 1. The van der Waals surface area contributed by atoms with Gasteiger partial charge in [-0.05, 0) is 25.0 Å². The van der Waals surface area contributed by atoms with Crippen LogP contribution in [0.25, 0.3) is 0 Å². The van der Waals surface area contributed by atoms with Crippen molar-refractivity contribution in [2.45, 2.75) is 25.7 Å². The van der Waals surface area contributed by atoms with Crippen molar-refractivity contribution in [3.8, 4) is 0 Å². The van der Waals surface area contributed by atoms with Gasteiger partial charge in [0.25, 0.3) is 5.91 Å². The first kappa shape index (κ1) is 19.1. The Hall–Kier alpha value is -3.28. The maximum Gasteiger partial charge on any atom is 0.270 e. The van der Waals surface area contributed by atoms with Crippen LogP contribution in [0.1, 0.15) is 36.0 Å². The van der Waals surface area contributed by atoms with Gasteiger partial charge in [-0.15, -0.1) is 0 Å². The summed E-state index contributed by atoms with van der Waals surface area (Å²) in [7, 11) is 0. The molecule has 1 fully saturated rings. The van der Waals surface area contributed by atoms with Gasteiger partial charge < -0.3 is 4.90 Å². The molecule has 0 spiro atoms. The van der Waals surface area contributed by atoms with Crippen molar-refractivity contribution in [3.63, 3.8) is 0 Å². The van der Waals surface area contributed by atoms with E-state index in [1.807, 2.05) is 48.5 Å². The highest BCUT2D eigenvalue weighted by molar-refractivity contribution is 6.40. The molecule has 2 aromatic carbocycles. The van der Waals surface area contributed by atoms with Crippen LogP contribution in [-0.2, 0) is 9.59 Å². The first-order chi connectivity index (χ1) is 14.1. The fourth-order valence-electron chi connectivity index (χ4n) is 3.84. The normalized spacial score (nSPS) is 17.8. The minimum Gasteiger partial charge on any atom is -0.337 e. The molecule has 0 atom stereocenters. The second kappa shape index (κ2) is 8.39. The van der Waals surface area contributed by atoms with Crippen LogP contribution in [0.4, 0.5) is 5.69 Å². The molecule has 0 N–H and O–H groups in total. The van der Waals surface area contributed by atoms with E-state index in [2.05, 4.69) is 5.10 Å². The molecule has 0 saturated carbocycles. The van der Waals surface area contributed by atoms with Gasteiger partial charge in [-0.1, -0.05) is 48.5 Å². The minimum atomic E-state index is -0.135. The molecule has 6 nitrogen and oxygen atoms in total. The van der Waals surface area contributed by atoms with E-state index in [0.717, 1.165) is 5.56 Å². The van der Waals surface area contributed by atoms with Crippen LogP contribution < -0.4 is 5.01 Å². The first-order valence-electron chi connectivity index (χ1n) is 9.97. The first-order valence-corrected chi connectivity index (χ1v) is 9.97. The summed E-state index contributed by atoms with van der Waals surface area (Å²) in [5, 5.41) is 5.67. The largest absolute Gasteiger partial charge is 0.337 e. The predicted octanol–water partition coefficient (Wildman–Crippen LogP) is 3.29. The van der Waals surface area contributed by atoms with Crippen molar-refractivity contribution in [3.05, 3.63) is 66.2 Å². The maximum atomic E-state index is 13.0. The number of carbonyl (C=O) groups excluding carboxylic acids is 3. The molecule has 4 rings (SSSR count). The Bertz CT molecular complexity index is 932. The van der Waals surface area contributed by atoms with Crippen LogP contribution in [0.2, 0.25) is 0 Å². The van der Waals surface area contributed by atoms with Crippen molar-refractivity contribution in [2.75, 3.05) is 18.1 Å². The van der Waals surface area contributed by atoms with E-state index in [0.29, 0.717) is 43.8 Å². The molecular weight excluding hydrogens is 366 g/mol. The van der Waals surface area contributed by atoms with Crippen LogP contribution in [0.3, 0.4) is 0 Å². The van der Waals surface area contributed by atoms with Gasteiger partial charge in [-0.25, -0.2) is 5.01 Å². The number of hydrazone groups is 1. The molecular formula is C23H23N3O3. The molecule has 2 aliphatic heterocycles. The van der Waals surface area contributed by atoms with Gasteiger partial charge in [0, 0.05) is 37.4 Å². The third kappa shape index (κ3) is 4.11. The summed E-state index contributed by atoms with van der Waals surface area (Å²) in [5.74, 6) is -0.158. The Balaban J connectivity index is 1.42. The summed E-state index contributed by atoms with van der Waals surface area (Å²) in [6.07, 6.45) is 1.91. The number of rotatable bonds is 4. The monoisotopic (exact) mass is 389 g/mol. The van der Waals surface area contributed by atoms with Gasteiger partial charge in [0.1, 0.15) is 5.71 Å². The molecule has 2 aromatic rings. The van der Waals surface area contributed by atoms with Gasteiger partial charge in [0.2, 0.25) is 5.91 Å². The lowest BCUT2D eigenvalue weighted by Gasteiger charge is -2.32. The van der Waals surface area contributed by atoms with Crippen molar-refractivity contribution < 1.29 is 14.4 Å². The highest BCUT2D eigenvalue weighted by Crippen LogP contribution is 2.24. The quantitative estimate of drug-likeness (QED) is 0.754. The Labute approximate surface area is 169 Å². The highest BCUT2D eigenvalue weighted by Gasteiger charge is 2.32. The molecule has 0 aromatic heterocycles. The number of carbonyl (C=O) groups is 3. The number of ketones is 1. The number of Topliss-reactive ketones (excluding diaryl/α,β-unsaturated/α-hetero) is 1. The lowest BCUT2D eigenvalue weighted by Crippen LogP contribution is -2.45. The Morgan fingerprint density at radius 3 is 2.14 bits per heavy atom. The SMILES string of the molecule is O=C(c1ccccc1)C1CCN(C(=O)C2=NN(c3ccccc3)C(=O)CC2)CC1. The zero-order chi connectivity index (χ0) is 20.2. The highest BCUT2D eigenvalue weighted by atomic mass is 16.2. The number of nitrogens with zero attached hydrogens (tertiary/aromatic N) is 3. The summed E-state index contributed by atoms with van der Waals surface area (Å²) < 4.78 is 0. The molecule has 29 heavy (non-hydrogen) atoms. The molecule has 148 valence electrons. The number of hydrogen-bond donors (Lipinski definition) is 0. The second-order valence-corrected chi connectivity index (χ2v) is 7.38. The van der Waals surface area contributed by atoms with Gasteiger partial charge >= 0.3 is 0 Å². The van der Waals surface area contributed by atoms with Crippen LogP contribution in [0.15, 0.2) is 65.8 Å². The Morgan fingerprint density at radius 2 is 1.48 bits per heavy atom. The predicted molar refractivity (Wildman–Crippen MR) is 111 cm³/mol. The van der Waals surface area contributed by atoms with E-state index in [9.17, 15) is 14.4 Å². The van der Waals surface area contributed by atoms with Crippen LogP contribution >= 0.6 is 0 Å². The standard InChI is InChI=1S/C23H23N3O3/c27-21-12-11-20(24-26(21)19-9-5-2-6-10-19)23(29)25-15-13-18(14-16-25)22(28)17-7-3-1-4-8-17/h1-10,18H,11-16H2. The molecule has 0 bridgehead atoms. The number of hydrogen-bond acceptors (Lipinski definition) is 4. The molecule has 2 aliphatic rings. The minimum absolute atomic E-state index is 0.0582. The second-order valence-electron chi connectivity index (χ2n) is 7.38. The van der Waals surface area contributed by atoms with Gasteiger partial charge in [0.05, 0.1) is 5.69 Å². The van der Waals surface area contributed by atoms with E-state index in [1.54, 1.807) is 17.0 Å². The molecule has 2 heterocycles. The topological polar surface area (TPSA) is 70.1 Å². The zero-order valence-electron chi connectivity index (χ0n) is 16.2. The third-order valence-corrected chi connectivity index (χ3v) is 5.49. The zero-order valence-corrected chi connectivity index (χ0v) is 16.2. The van der Waals surface area contributed by atoms with Crippen molar-refractivity contribution in [2.24, 2.45) is 11.0 Å². The molecule has 0 radical (unpaired) electrons. The summed E-state index contributed by atoms with van der Waals surface area (Å²) in [6, 6.07) is 18.5. The van der Waals surface area contributed by atoms with E-state index < -0.39 is 0 Å². The van der Waals surface area contributed by atoms with E-state index in [-0.39, 0.29) is 29.9 Å². The summed E-state index contributed by atoms with van der Waals surface area (Å²) in [5.41, 5.74) is 1.79. The average Bonchev–Trinajstić information content (AvgIpc) is 2.80. The van der Waals surface area contributed by atoms with Crippen LogP contribution in [-0.4, -0.2) is 41.3 Å².